The second kappa shape index (κ2) is 18.1. The first-order valence-corrected chi connectivity index (χ1v) is 26.2. The third-order valence-electron chi connectivity index (χ3n) is 12.4. The second-order valence-electron chi connectivity index (χ2n) is 21.7. The van der Waals surface area contributed by atoms with Crippen molar-refractivity contribution in [3.8, 4) is 39.5 Å². The molecule has 1 radical (unpaired) electrons. The van der Waals surface area contributed by atoms with Crippen molar-refractivity contribution in [1.29, 1.82) is 0 Å². The van der Waals surface area contributed by atoms with Crippen molar-refractivity contribution in [3.63, 3.8) is 0 Å². The molecule has 64 heavy (non-hydrogen) atoms. The Bertz CT molecular complexity index is 2900. The summed E-state index contributed by atoms with van der Waals surface area (Å²) >= 11 is 0. The fourth-order valence-electron chi connectivity index (χ4n) is 9.25. The average molecular weight is 1050 g/mol. The largest absolute Gasteiger partial charge is 0.333 e. The van der Waals surface area contributed by atoms with E-state index >= 15 is 0 Å². The standard InChI is InChI=1S/C35H34FN2.C23H34NSi.Ir/c1-20(2)25-11-10-12-26(21(3)4)33(25)38-31-14-9-8-13-30(31)37-34(38)23-17-22(5)32-28(18-23)27-16-15-24(36)19-29(27)35(32,6)7;1-22(2,3)15-18-14-20(24-16-21(18)25(7,8)9)17-11-10-12-19(13-17)23(4,5)6;/h8-16,18-21H,1-7H3;10,12-14,16H,15H2,1-9H3;/q2*-1;/i;15D2;. The van der Waals surface area contributed by atoms with Crippen LogP contribution in [-0.4, -0.2) is 22.6 Å². The van der Waals surface area contributed by atoms with Crippen LogP contribution in [0.25, 0.3) is 50.5 Å². The van der Waals surface area contributed by atoms with Crippen molar-refractivity contribution >= 4 is 24.3 Å². The summed E-state index contributed by atoms with van der Waals surface area (Å²) in [6.45, 7) is 34.7. The van der Waals surface area contributed by atoms with E-state index in [2.05, 4.69) is 160 Å². The first kappa shape index (κ1) is 46.1. The number of nitrogens with zero attached hydrogens (tertiary/aromatic N) is 3. The topological polar surface area (TPSA) is 30.7 Å². The fourth-order valence-corrected chi connectivity index (χ4v) is 10.6. The Labute approximate surface area is 401 Å². The molecule has 0 atom stereocenters. The maximum Gasteiger partial charge on any atom is 0.123 e. The summed E-state index contributed by atoms with van der Waals surface area (Å²) < 4.78 is 34.4. The summed E-state index contributed by atoms with van der Waals surface area (Å²) in [5.41, 5.74) is 15.4. The van der Waals surface area contributed by atoms with Gasteiger partial charge in [-0.05, 0) is 91.9 Å². The van der Waals surface area contributed by atoms with E-state index in [1.807, 2.05) is 51.2 Å². The van der Waals surface area contributed by atoms with E-state index in [0.717, 1.165) is 66.7 Å². The van der Waals surface area contributed by atoms with Crippen LogP contribution < -0.4 is 5.19 Å². The molecule has 7 aromatic rings. The molecule has 337 valence electrons. The van der Waals surface area contributed by atoms with Crippen molar-refractivity contribution in [2.24, 2.45) is 5.41 Å². The molecule has 0 saturated heterocycles. The zero-order chi connectivity index (χ0) is 47.8. The molecule has 6 heteroatoms. The average Bonchev–Trinajstić information content (AvgIpc) is 3.71. The maximum absolute atomic E-state index is 14.3. The minimum absolute atomic E-state index is 0. The molecule has 0 spiro atoms. The Balaban J connectivity index is 0.000000229. The monoisotopic (exact) mass is 1050 g/mol. The summed E-state index contributed by atoms with van der Waals surface area (Å²) in [6, 6.07) is 37.6. The normalized spacial score (nSPS) is 14.1. The molecule has 1 aliphatic rings. The smallest absolute Gasteiger partial charge is 0.123 e. The molecule has 0 N–H and O–H groups in total. The molecular formula is C58H68FIrN3Si-2. The van der Waals surface area contributed by atoms with Gasteiger partial charge < -0.3 is 9.55 Å². The van der Waals surface area contributed by atoms with Crippen molar-refractivity contribution < 1.29 is 27.2 Å². The maximum atomic E-state index is 14.3. The van der Waals surface area contributed by atoms with Crippen LogP contribution in [0.15, 0.2) is 97.2 Å². The number of para-hydroxylation sites is 3. The van der Waals surface area contributed by atoms with Gasteiger partial charge in [0.25, 0.3) is 0 Å². The van der Waals surface area contributed by atoms with Gasteiger partial charge in [-0.15, -0.1) is 64.2 Å². The van der Waals surface area contributed by atoms with Crippen LogP contribution in [0.2, 0.25) is 19.6 Å². The molecule has 1 aliphatic carbocycles. The molecule has 3 nitrogen and oxygen atoms in total. The number of imidazole rings is 1. The SMILES string of the molecule is Cc1[c-]c(-c2nc3ccccc3n2-c2c(C(C)C)cccc2C(C)C)cc2c1C(C)(C)c1cc(F)ccc1-2.[2H]C([2H])(c1cc(-c2[c-]ccc(C(C)(C)C)c2)ncc1[Si](C)(C)C)C(C)(C)C.[Ir]. The first-order chi connectivity index (χ1) is 30.1. The molecule has 0 bridgehead atoms. The van der Waals surface area contributed by atoms with E-state index in [9.17, 15) is 4.39 Å². The molecule has 0 aliphatic heterocycles. The minimum atomic E-state index is -1.74. The molecule has 0 saturated carbocycles. The van der Waals surface area contributed by atoms with Crippen LogP contribution in [0.1, 0.15) is 137 Å². The van der Waals surface area contributed by atoms with Crippen molar-refractivity contribution in [1.82, 2.24) is 14.5 Å². The van der Waals surface area contributed by atoms with E-state index in [-0.39, 0.29) is 36.8 Å². The zero-order valence-corrected chi connectivity index (χ0v) is 44.3. The molecule has 0 amide bonds. The summed E-state index contributed by atoms with van der Waals surface area (Å²) in [5, 5.41) is 1.10. The van der Waals surface area contributed by atoms with Crippen LogP contribution >= 0.6 is 0 Å². The van der Waals surface area contributed by atoms with Gasteiger partial charge in [-0.25, -0.2) is 4.39 Å². The zero-order valence-electron chi connectivity index (χ0n) is 42.9. The molecule has 5 aromatic carbocycles. The molecule has 2 heterocycles. The Morgan fingerprint density at radius 2 is 1.47 bits per heavy atom. The number of fused-ring (bicyclic) bond motifs is 4. The molecule has 2 aromatic heterocycles. The number of aryl methyl sites for hydroxylation is 1. The number of halogens is 1. The van der Waals surface area contributed by atoms with E-state index in [0.29, 0.717) is 11.8 Å². The Hall–Kier alpha value is -4.48. The molecular weight excluding hydrogens is 978 g/mol. The van der Waals surface area contributed by atoms with E-state index in [1.54, 1.807) is 12.1 Å². The second-order valence-corrected chi connectivity index (χ2v) is 26.8. The van der Waals surface area contributed by atoms with Crippen molar-refractivity contribution in [2.45, 2.75) is 139 Å². The number of pyridine rings is 1. The molecule has 0 unspecified atom stereocenters. The molecule has 8 rings (SSSR count). The first-order valence-electron chi connectivity index (χ1n) is 23.7. The predicted octanol–water partition coefficient (Wildman–Crippen LogP) is 15.5. The van der Waals surface area contributed by atoms with E-state index in [4.69, 9.17) is 12.7 Å². The van der Waals surface area contributed by atoms with Gasteiger partial charge in [-0.3, -0.25) is 4.98 Å². The van der Waals surface area contributed by atoms with Gasteiger partial charge in [-0.2, -0.15) is 0 Å². The third-order valence-corrected chi connectivity index (χ3v) is 14.4. The molecule has 0 fully saturated rings. The summed E-state index contributed by atoms with van der Waals surface area (Å²) in [6.07, 6.45) is 0.472. The summed E-state index contributed by atoms with van der Waals surface area (Å²) in [7, 11) is -1.74. The van der Waals surface area contributed by atoms with Gasteiger partial charge in [0, 0.05) is 34.7 Å². The number of benzene rings is 5. The van der Waals surface area contributed by atoms with Gasteiger partial charge in [0.1, 0.15) is 5.82 Å². The fraction of sp³-hybridized carbons (Fsp3) is 0.379. The number of rotatable bonds is 7. The predicted molar refractivity (Wildman–Crippen MR) is 269 cm³/mol. The minimum Gasteiger partial charge on any atom is -0.333 e. The van der Waals surface area contributed by atoms with Crippen LogP contribution in [0.3, 0.4) is 0 Å². The van der Waals surface area contributed by atoms with Crippen molar-refractivity contribution in [3.05, 3.63) is 154 Å². The Morgan fingerprint density at radius 1 is 0.812 bits per heavy atom. The number of hydrogen-bond donors (Lipinski definition) is 0. The summed E-state index contributed by atoms with van der Waals surface area (Å²) in [5.74, 6) is 1.40. The quantitative estimate of drug-likeness (QED) is 0.118. The third kappa shape index (κ3) is 9.71. The van der Waals surface area contributed by atoms with Crippen LogP contribution in [0.4, 0.5) is 4.39 Å². The Morgan fingerprint density at radius 3 is 2.08 bits per heavy atom. The van der Waals surface area contributed by atoms with Crippen LogP contribution in [0, 0.1) is 30.3 Å². The van der Waals surface area contributed by atoms with Gasteiger partial charge in [0.15, 0.2) is 0 Å². The van der Waals surface area contributed by atoms with Gasteiger partial charge in [-0.1, -0.05) is 163 Å². The van der Waals surface area contributed by atoms with E-state index in [1.165, 1.54) is 27.9 Å². The van der Waals surface area contributed by atoms with Crippen LogP contribution in [-0.2, 0) is 37.3 Å². The van der Waals surface area contributed by atoms with Gasteiger partial charge >= 0.3 is 0 Å². The summed E-state index contributed by atoms with van der Waals surface area (Å²) in [4.78, 5) is 9.94. The Kier molecular flexibility index (Phi) is 13.0. The number of aromatic nitrogens is 3. The van der Waals surface area contributed by atoms with Gasteiger partial charge in [0.2, 0.25) is 0 Å². The van der Waals surface area contributed by atoms with E-state index < -0.39 is 19.9 Å². The van der Waals surface area contributed by atoms with Gasteiger partial charge in [0.05, 0.1) is 24.9 Å². The number of hydrogen-bond acceptors (Lipinski definition) is 2. The van der Waals surface area contributed by atoms with Crippen molar-refractivity contribution in [2.75, 3.05) is 0 Å². The van der Waals surface area contributed by atoms with Crippen LogP contribution in [0.5, 0.6) is 0 Å².